The highest BCUT2D eigenvalue weighted by Gasteiger charge is 2.22. The largest absolute Gasteiger partial charge is 0.353 e. The molecule has 0 aromatic heterocycles. The Morgan fingerprint density at radius 1 is 1.33 bits per heavy atom. The van der Waals surface area contributed by atoms with E-state index in [0.29, 0.717) is 22.5 Å². The van der Waals surface area contributed by atoms with Crippen molar-refractivity contribution in [1.82, 2.24) is 5.32 Å². The number of benzene rings is 1. The zero-order valence-corrected chi connectivity index (χ0v) is 13.9. The normalized spacial score (nSPS) is 22.0. The summed E-state index contributed by atoms with van der Waals surface area (Å²) >= 11 is 12.0. The molecule has 1 amide bonds. The predicted octanol–water partition coefficient (Wildman–Crippen LogP) is 2.11. The summed E-state index contributed by atoms with van der Waals surface area (Å²) in [6.45, 7) is 5.76. The third-order valence-corrected chi connectivity index (χ3v) is 4.61. The van der Waals surface area contributed by atoms with E-state index in [1.807, 2.05) is 6.07 Å². The van der Waals surface area contributed by atoms with E-state index in [-0.39, 0.29) is 5.91 Å². The fraction of sp³-hybridized carbons (Fsp3) is 0.562. The average Bonchev–Trinajstić information content (AvgIpc) is 2.44. The Hall–Kier alpha value is -0.770. The molecule has 0 atom stereocenters. The van der Waals surface area contributed by atoms with Gasteiger partial charge in [-0.2, -0.15) is 0 Å². The van der Waals surface area contributed by atoms with Crippen LogP contribution < -0.4 is 10.2 Å². The fourth-order valence-corrected chi connectivity index (χ4v) is 3.37. The molecule has 0 unspecified atom stereocenters. The van der Waals surface area contributed by atoms with E-state index < -0.39 is 0 Å². The molecule has 2 N–H and O–H groups in total. The maximum atomic E-state index is 12.1. The molecule has 2 rings (SSSR count). The molecular formula is C16H23Cl2N2O+. The number of carbonyl (C=O) groups excluding carboxylic acids is 1. The van der Waals surface area contributed by atoms with E-state index in [4.69, 9.17) is 23.2 Å². The Bertz CT molecular complexity index is 485. The quantitative estimate of drug-likeness (QED) is 0.852. The number of piperidine rings is 1. The minimum absolute atomic E-state index is 0.0446. The van der Waals surface area contributed by atoms with Gasteiger partial charge in [-0.3, -0.25) is 4.79 Å². The van der Waals surface area contributed by atoms with Crippen LogP contribution in [-0.2, 0) is 11.2 Å². The zero-order chi connectivity index (χ0) is 15.2. The molecule has 0 aliphatic carbocycles. The topological polar surface area (TPSA) is 33.5 Å². The summed E-state index contributed by atoms with van der Waals surface area (Å²) < 4.78 is 0. The Morgan fingerprint density at radius 2 is 2.05 bits per heavy atom. The van der Waals surface area contributed by atoms with Crippen LogP contribution in [0.2, 0.25) is 10.0 Å². The van der Waals surface area contributed by atoms with Gasteiger partial charge >= 0.3 is 0 Å². The van der Waals surface area contributed by atoms with Gasteiger partial charge in [0.15, 0.2) is 0 Å². The van der Waals surface area contributed by atoms with Crippen molar-refractivity contribution < 1.29 is 9.69 Å². The molecule has 0 spiro atoms. The van der Waals surface area contributed by atoms with Crippen molar-refractivity contribution in [2.75, 3.05) is 19.6 Å². The second kappa shape index (κ2) is 8.02. The first-order valence-corrected chi connectivity index (χ1v) is 8.41. The second-order valence-electron chi connectivity index (χ2n) is 5.75. The number of quaternary nitrogens is 1. The molecule has 1 aromatic rings. The molecule has 3 nitrogen and oxygen atoms in total. The molecule has 1 saturated heterocycles. The van der Waals surface area contributed by atoms with Crippen LogP contribution in [0, 0.1) is 0 Å². The van der Waals surface area contributed by atoms with E-state index in [0.717, 1.165) is 31.5 Å². The van der Waals surface area contributed by atoms with E-state index >= 15 is 0 Å². The van der Waals surface area contributed by atoms with E-state index in [1.165, 1.54) is 13.0 Å². The number of rotatable bonds is 5. The van der Waals surface area contributed by atoms with Crippen molar-refractivity contribution in [2.45, 2.75) is 38.6 Å². The van der Waals surface area contributed by atoms with Gasteiger partial charge in [0, 0.05) is 28.9 Å². The number of nitrogens with one attached hydrogen (secondary N) is 2. The van der Waals surface area contributed by atoms with Crippen molar-refractivity contribution in [3.63, 3.8) is 0 Å². The number of hydrogen-bond donors (Lipinski definition) is 2. The summed E-state index contributed by atoms with van der Waals surface area (Å²) in [4.78, 5) is 13.8. The van der Waals surface area contributed by atoms with Crippen molar-refractivity contribution in [2.24, 2.45) is 0 Å². The molecular weight excluding hydrogens is 307 g/mol. The third-order valence-electron chi connectivity index (χ3n) is 4.03. The molecule has 21 heavy (non-hydrogen) atoms. The summed E-state index contributed by atoms with van der Waals surface area (Å²) in [7, 11) is 0. The summed E-state index contributed by atoms with van der Waals surface area (Å²) in [6.07, 6.45) is 3.67. The summed E-state index contributed by atoms with van der Waals surface area (Å²) in [5, 5.41) is 4.28. The van der Waals surface area contributed by atoms with Crippen LogP contribution in [0.4, 0.5) is 0 Å². The lowest BCUT2D eigenvalue weighted by molar-refractivity contribution is -0.905. The van der Waals surface area contributed by atoms with Gasteiger partial charge < -0.3 is 10.2 Å². The summed E-state index contributed by atoms with van der Waals surface area (Å²) in [5.41, 5.74) is 0.826. The van der Waals surface area contributed by atoms with Crippen molar-refractivity contribution in [3.8, 4) is 0 Å². The molecule has 1 fully saturated rings. The summed E-state index contributed by atoms with van der Waals surface area (Å²) in [6, 6.07) is 5.57. The maximum absolute atomic E-state index is 12.1. The second-order valence-corrected chi connectivity index (χ2v) is 6.60. The van der Waals surface area contributed by atoms with Crippen LogP contribution in [0.15, 0.2) is 18.2 Å². The predicted molar refractivity (Wildman–Crippen MR) is 87.2 cm³/mol. The maximum Gasteiger partial charge on any atom is 0.224 e. The van der Waals surface area contributed by atoms with Crippen molar-refractivity contribution in [1.29, 1.82) is 0 Å². The molecule has 1 aliphatic heterocycles. The highest BCUT2D eigenvalue weighted by Crippen LogP contribution is 2.21. The van der Waals surface area contributed by atoms with Crippen LogP contribution in [-0.4, -0.2) is 31.6 Å². The molecule has 1 aromatic carbocycles. The van der Waals surface area contributed by atoms with Gasteiger partial charge in [0.25, 0.3) is 0 Å². The zero-order valence-electron chi connectivity index (χ0n) is 12.4. The number of amides is 1. The average molecular weight is 330 g/mol. The van der Waals surface area contributed by atoms with Crippen LogP contribution in [0.25, 0.3) is 0 Å². The fourth-order valence-electron chi connectivity index (χ4n) is 2.89. The number of likely N-dealkylation sites (tertiary alicyclic amines) is 1. The standard InChI is InChI=1S/C16H22Cl2N2O/c1-2-7-20-8-5-14(6-9-20)19-16(21)10-12-3-4-13(17)11-15(12)18/h3-4,11,14H,2,5-10H2,1H3,(H,19,21)/p+1. The van der Waals surface area contributed by atoms with E-state index in [2.05, 4.69) is 12.2 Å². The minimum Gasteiger partial charge on any atom is -0.353 e. The molecule has 116 valence electrons. The van der Waals surface area contributed by atoms with Crippen LogP contribution in [0.5, 0.6) is 0 Å². The Balaban J connectivity index is 1.80. The van der Waals surface area contributed by atoms with Gasteiger partial charge in [-0.05, 0) is 24.1 Å². The highest BCUT2D eigenvalue weighted by atomic mass is 35.5. The Labute approximate surface area is 136 Å². The number of hydrogen-bond acceptors (Lipinski definition) is 1. The highest BCUT2D eigenvalue weighted by molar-refractivity contribution is 6.35. The first-order valence-electron chi connectivity index (χ1n) is 7.65. The molecule has 0 bridgehead atoms. The van der Waals surface area contributed by atoms with E-state index in [1.54, 1.807) is 17.0 Å². The van der Waals surface area contributed by atoms with Crippen molar-refractivity contribution in [3.05, 3.63) is 33.8 Å². The number of carbonyl (C=O) groups is 1. The third kappa shape index (κ3) is 5.17. The summed E-state index contributed by atoms with van der Waals surface area (Å²) in [5.74, 6) is 0.0446. The monoisotopic (exact) mass is 329 g/mol. The minimum atomic E-state index is 0.0446. The SMILES string of the molecule is CCC[NH+]1CCC(NC(=O)Cc2ccc(Cl)cc2Cl)CC1. The van der Waals surface area contributed by atoms with Gasteiger partial charge in [-0.25, -0.2) is 0 Å². The molecule has 1 aliphatic rings. The van der Waals surface area contributed by atoms with Gasteiger partial charge in [0.1, 0.15) is 0 Å². The van der Waals surface area contributed by atoms with Gasteiger partial charge in [0.05, 0.1) is 26.1 Å². The van der Waals surface area contributed by atoms with Gasteiger partial charge in [0.2, 0.25) is 5.91 Å². The number of halogens is 2. The molecule has 5 heteroatoms. The lowest BCUT2D eigenvalue weighted by atomic mass is 10.0. The Morgan fingerprint density at radius 3 is 2.67 bits per heavy atom. The lowest BCUT2D eigenvalue weighted by Crippen LogP contribution is -3.13. The first kappa shape index (κ1) is 16.6. The van der Waals surface area contributed by atoms with Gasteiger partial charge in [-0.1, -0.05) is 36.2 Å². The Kier molecular flexibility index (Phi) is 6.34. The smallest absolute Gasteiger partial charge is 0.224 e. The van der Waals surface area contributed by atoms with Crippen LogP contribution >= 0.6 is 23.2 Å². The van der Waals surface area contributed by atoms with Crippen LogP contribution in [0.3, 0.4) is 0 Å². The molecule has 1 heterocycles. The van der Waals surface area contributed by atoms with Gasteiger partial charge in [-0.15, -0.1) is 0 Å². The lowest BCUT2D eigenvalue weighted by Gasteiger charge is -2.29. The van der Waals surface area contributed by atoms with E-state index in [9.17, 15) is 4.79 Å². The van der Waals surface area contributed by atoms with Crippen LogP contribution in [0.1, 0.15) is 31.7 Å². The van der Waals surface area contributed by atoms with Crippen molar-refractivity contribution >= 4 is 29.1 Å². The molecule has 0 saturated carbocycles. The molecule has 0 radical (unpaired) electrons. The first-order chi connectivity index (χ1) is 10.1.